The van der Waals surface area contributed by atoms with Gasteiger partial charge < -0.3 is 16.4 Å². The fourth-order valence-electron chi connectivity index (χ4n) is 2.58. The zero-order chi connectivity index (χ0) is 22.6. The van der Waals surface area contributed by atoms with Gasteiger partial charge in [0.1, 0.15) is 5.69 Å². The Labute approximate surface area is 173 Å². The normalized spacial score (nSPS) is 11.1. The van der Waals surface area contributed by atoms with Crippen molar-refractivity contribution in [2.24, 2.45) is 5.73 Å². The maximum absolute atomic E-state index is 12.6. The number of amides is 3. The second-order valence-corrected chi connectivity index (χ2v) is 6.36. The Kier molecular flexibility index (Phi) is 6.05. The quantitative estimate of drug-likeness (QED) is 0.555. The molecule has 0 bridgehead atoms. The molecule has 0 aliphatic carbocycles. The first-order valence-electron chi connectivity index (χ1n) is 8.85. The van der Waals surface area contributed by atoms with Crippen molar-refractivity contribution in [1.29, 1.82) is 0 Å². The highest BCUT2D eigenvalue weighted by Crippen LogP contribution is 2.29. The molecule has 160 valence electrons. The van der Waals surface area contributed by atoms with Crippen LogP contribution >= 0.6 is 0 Å². The summed E-state index contributed by atoms with van der Waals surface area (Å²) in [5.41, 5.74) is 5.47. The summed E-state index contributed by atoms with van der Waals surface area (Å²) in [6.07, 6.45) is -2.93. The SMILES string of the molecule is NC(=O)c1ccn(-c2ccc(NC(=O)CNC(=O)c3ccc(C(F)(F)F)cc3)cc2)n1. The summed E-state index contributed by atoms with van der Waals surface area (Å²) in [4.78, 5) is 35.1. The number of carbonyl (C=O) groups is 3. The summed E-state index contributed by atoms with van der Waals surface area (Å²) >= 11 is 0. The van der Waals surface area contributed by atoms with Crippen molar-refractivity contribution >= 4 is 23.4 Å². The Hall–Kier alpha value is -4.15. The van der Waals surface area contributed by atoms with Gasteiger partial charge in [-0.2, -0.15) is 18.3 Å². The van der Waals surface area contributed by atoms with Gasteiger partial charge in [-0.15, -0.1) is 0 Å². The molecule has 0 radical (unpaired) electrons. The van der Waals surface area contributed by atoms with Crippen LogP contribution in [-0.2, 0) is 11.0 Å². The van der Waals surface area contributed by atoms with Crippen LogP contribution in [0.4, 0.5) is 18.9 Å². The molecule has 0 aliphatic heterocycles. The van der Waals surface area contributed by atoms with Crippen LogP contribution in [0.3, 0.4) is 0 Å². The lowest BCUT2D eigenvalue weighted by atomic mass is 10.1. The topological polar surface area (TPSA) is 119 Å². The molecule has 2 aromatic carbocycles. The summed E-state index contributed by atoms with van der Waals surface area (Å²) in [7, 11) is 0. The highest BCUT2D eigenvalue weighted by atomic mass is 19.4. The Bertz CT molecular complexity index is 1110. The number of carbonyl (C=O) groups excluding carboxylic acids is 3. The van der Waals surface area contributed by atoms with Gasteiger partial charge in [-0.05, 0) is 54.6 Å². The van der Waals surface area contributed by atoms with Crippen molar-refractivity contribution in [2.75, 3.05) is 11.9 Å². The van der Waals surface area contributed by atoms with E-state index in [-0.39, 0.29) is 17.8 Å². The Morgan fingerprint density at radius 1 is 0.968 bits per heavy atom. The minimum Gasteiger partial charge on any atom is -0.364 e. The van der Waals surface area contributed by atoms with E-state index in [2.05, 4.69) is 15.7 Å². The van der Waals surface area contributed by atoms with Crippen molar-refractivity contribution in [3.05, 3.63) is 77.6 Å². The van der Waals surface area contributed by atoms with Gasteiger partial charge in [-0.1, -0.05) is 0 Å². The van der Waals surface area contributed by atoms with E-state index in [0.29, 0.717) is 11.4 Å². The standard InChI is InChI=1S/C20H16F3N5O3/c21-20(22,23)13-3-1-12(2-4-13)19(31)25-11-17(29)26-14-5-7-15(8-6-14)28-10-9-16(27-28)18(24)30/h1-10H,11H2,(H2,24,30)(H,25,31)(H,26,29). The van der Waals surface area contributed by atoms with Gasteiger partial charge in [-0.3, -0.25) is 14.4 Å². The average molecular weight is 431 g/mol. The molecule has 0 aliphatic rings. The van der Waals surface area contributed by atoms with Gasteiger partial charge >= 0.3 is 6.18 Å². The van der Waals surface area contributed by atoms with Crippen molar-refractivity contribution in [3.8, 4) is 5.69 Å². The molecule has 31 heavy (non-hydrogen) atoms. The summed E-state index contributed by atoms with van der Waals surface area (Å²) in [6, 6.07) is 11.6. The molecule has 3 aromatic rings. The van der Waals surface area contributed by atoms with Crippen molar-refractivity contribution in [2.45, 2.75) is 6.18 Å². The van der Waals surface area contributed by atoms with Crippen LogP contribution in [0.25, 0.3) is 5.69 Å². The number of nitrogens with two attached hydrogens (primary N) is 1. The molecule has 0 spiro atoms. The number of hydrogen-bond donors (Lipinski definition) is 3. The second-order valence-electron chi connectivity index (χ2n) is 6.36. The Balaban J connectivity index is 1.53. The third-order valence-electron chi connectivity index (χ3n) is 4.14. The van der Waals surface area contributed by atoms with E-state index < -0.39 is 29.5 Å². The molecule has 1 heterocycles. The highest BCUT2D eigenvalue weighted by molar-refractivity contribution is 5.99. The number of alkyl halides is 3. The van der Waals surface area contributed by atoms with Crippen LogP contribution in [0.2, 0.25) is 0 Å². The fraction of sp³-hybridized carbons (Fsp3) is 0.100. The third kappa shape index (κ3) is 5.47. The number of nitrogens with zero attached hydrogens (tertiary/aromatic N) is 2. The number of nitrogens with one attached hydrogen (secondary N) is 2. The monoisotopic (exact) mass is 431 g/mol. The molecule has 8 nitrogen and oxygen atoms in total. The molecule has 1 aromatic heterocycles. The first-order valence-corrected chi connectivity index (χ1v) is 8.85. The van der Waals surface area contributed by atoms with Crippen LogP contribution in [-0.4, -0.2) is 34.0 Å². The first-order chi connectivity index (χ1) is 14.6. The van der Waals surface area contributed by atoms with E-state index in [4.69, 9.17) is 5.73 Å². The largest absolute Gasteiger partial charge is 0.416 e. The highest BCUT2D eigenvalue weighted by Gasteiger charge is 2.30. The summed E-state index contributed by atoms with van der Waals surface area (Å²) < 4.78 is 39.1. The van der Waals surface area contributed by atoms with E-state index in [1.165, 1.54) is 10.7 Å². The number of hydrogen-bond acceptors (Lipinski definition) is 4. The van der Waals surface area contributed by atoms with E-state index >= 15 is 0 Å². The first kappa shape index (κ1) is 21.6. The Morgan fingerprint density at radius 2 is 1.61 bits per heavy atom. The van der Waals surface area contributed by atoms with Crippen molar-refractivity contribution in [1.82, 2.24) is 15.1 Å². The molecule has 3 rings (SSSR count). The summed E-state index contributed by atoms with van der Waals surface area (Å²) in [6.45, 7) is -0.372. The van der Waals surface area contributed by atoms with Crippen LogP contribution in [0.5, 0.6) is 0 Å². The minimum absolute atomic E-state index is 0.000272. The smallest absolute Gasteiger partial charge is 0.364 e. The van der Waals surface area contributed by atoms with Gasteiger partial charge in [0.2, 0.25) is 5.91 Å². The predicted molar refractivity (Wildman–Crippen MR) is 104 cm³/mol. The molecule has 0 saturated carbocycles. The lowest BCUT2D eigenvalue weighted by Crippen LogP contribution is -2.32. The minimum atomic E-state index is -4.49. The molecule has 0 atom stereocenters. The second kappa shape index (κ2) is 8.69. The third-order valence-corrected chi connectivity index (χ3v) is 4.14. The zero-order valence-electron chi connectivity index (χ0n) is 15.8. The summed E-state index contributed by atoms with van der Waals surface area (Å²) in [5, 5.41) is 8.92. The fourth-order valence-corrected chi connectivity index (χ4v) is 2.58. The van der Waals surface area contributed by atoms with Crippen LogP contribution < -0.4 is 16.4 Å². The molecule has 4 N–H and O–H groups in total. The maximum Gasteiger partial charge on any atom is 0.416 e. The van der Waals surface area contributed by atoms with Crippen molar-refractivity contribution < 1.29 is 27.6 Å². The van der Waals surface area contributed by atoms with Gasteiger partial charge in [-0.25, -0.2) is 4.68 Å². The van der Waals surface area contributed by atoms with Gasteiger partial charge in [0, 0.05) is 17.4 Å². The van der Waals surface area contributed by atoms with Crippen LogP contribution in [0, 0.1) is 0 Å². The van der Waals surface area contributed by atoms with E-state index in [0.717, 1.165) is 24.3 Å². The molecular weight excluding hydrogens is 415 g/mol. The lowest BCUT2D eigenvalue weighted by Gasteiger charge is -2.09. The van der Waals surface area contributed by atoms with E-state index in [1.54, 1.807) is 30.5 Å². The molecule has 3 amide bonds. The molecule has 0 fully saturated rings. The number of rotatable bonds is 6. The predicted octanol–water partition coefficient (Wildman–Crippen LogP) is 2.36. The number of anilines is 1. The van der Waals surface area contributed by atoms with Crippen LogP contribution in [0.1, 0.15) is 26.4 Å². The van der Waals surface area contributed by atoms with Gasteiger partial charge in [0.25, 0.3) is 11.8 Å². The molecular formula is C20H16F3N5O3. The number of benzene rings is 2. The maximum atomic E-state index is 12.6. The van der Waals surface area contributed by atoms with Gasteiger partial charge in [0.05, 0.1) is 17.8 Å². The number of aromatic nitrogens is 2. The number of primary amides is 1. The van der Waals surface area contributed by atoms with Crippen molar-refractivity contribution in [3.63, 3.8) is 0 Å². The van der Waals surface area contributed by atoms with Crippen LogP contribution in [0.15, 0.2) is 60.8 Å². The molecule has 0 saturated heterocycles. The number of halogens is 3. The van der Waals surface area contributed by atoms with Gasteiger partial charge in [0.15, 0.2) is 0 Å². The average Bonchev–Trinajstić information content (AvgIpc) is 3.23. The molecule has 11 heteroatoms. The van der Waals surface area contributed by atoms with E-state index in [9.17, 15) is 27.6 Å². The lowest BCUT2D eigenvalue weighted by molar-refractivity contribution is -0.137. The summed E-state index contributed by atoms with van der Waals surface area (Å²) in [5.74, 6) is -1.85. The zero-order valence-corrected chi connectivity index (χ0v) is 15.8. The van der Waals surface area contributed by atoms with E-state index in [1.807, 2.05) is 0 Å². The molecule has 0 unspecified atom stereocenters. The Morgan fingerprint density at radius 3 is 2.16 bits per heavy atom.